The van der Waals surface area contributed by atoms with Gasteiger partial charge in [0.15, 0.2) is 0 Å². The van der Waals surface area contributed by atoms with Gasteiger partial charge in [0, 0.05) is 4.47 Å². The van der Waals surface area contributed by atoms with Crippen molar-refractivity contribution in [3.05, 3.63) is 22.7 Å². The van der Waals surface area contributed by atoms with Crippen molar-refractivity contribution in [1.29, 1.82) is 0 Å². The topological polar surface area (TPSA) is 87.7 Å². The van der Waals surface area contributed by atoms with E-state index in [2.05, 4.69) is 33.5 Å². The predicted molar refractivity (Wildman–Crippen MR) is 109 cm³/mol. The Balaban J connectivity index is 2.16. The Morgan fingerprint density at radius 1 is 1.22 bits per heavy atom. The van der Waals surface area contributed by atoms with Crippen LogP contribution in [0.5, 0.6) is 5.75 Å². The minimum Gasteiger partial charge on any atom is -0.506 e. The van der Waals surface area contributed by atoms with E-state index < -0.39 is 17.7 Å². The maximum atomic E-state index is 13.0. The quantitative estimate of drug-likeness (QED) is 0.585. The van der Waals surface area contributed by atoms with Crippen molar-refractivity contribution in [3.8, 4) is 5.75 Å². The van der Waals surface area contributed by atoms with Gasteiger partial charge in [0.2, 0.25) is 5.91 Å². The van der Waals surface area contributed by atoms with Crippen LogP contribution in [0.25, 0.3) is 0 Å². The molecule has 27 heavy (non-hydrogen) atoms. The predicted octanol–water partition coefficient (Wildman–Crippen LogP) is 4.81. The molecule has 1 aromatic rings. The Morgan fingerprint density at radius 3 is 2.44 bits per heavy atom. The van der Waals surface area contributed by atoms with E-state index in [0.29, 0.717) is 11.6 Å². The van der Waals surface area contributed by atoms with Crippen molar-refractivity contribution >= 4 is 33.6 Å². The zero-order valence-corrected chi connectivity index (χ0v) is 17.9. The van der Waals surface area contributed by atoms with E-state index in [1.165, 1.54) is 6.07 Å². The van der Waals surface area contributed by atoms with Gasteiger partial charge in [-0.1, -0.05) is 35.7 Å². The SMILES string of the molecule is CC1CCC([C@H](NC(=O)OC(C)(C)C)C(=O)Nc2cc(Br)ccc2O)CC1. The number of phenols is 1. The number of hydrogen-bond acceptors (Lipinski definition) is 4. The molecule has 0 bridgehead atoms. The number of carbonyl (C=O) groups excluding carboxylic acids is 2. The minimum absolute atomic E-state index is 0.0279. The molecule has 0 saturated heterocycles. The van der Waals surface area contributed by atoms with Crippen molar-refractivity contribution in [2.45, 2.75) is 65.0 Å². The maximum absolute atomic E-state index is 13.0. The molecule has 1 atom stereocenters. The van der Waals surface area contributed by atoms with Crippen LogP contribution in [0.4, 0.5) is 10.5 Å². The second kappa shape index (κ2) is 8.95. The molecule has 0 aromatic heterocycles. The number of alkyl carbamates (subject to hydrolysis) is 1. The van der Waals surface area contributed by atoms with Crippen molar-refractivity contribution in [2.75, 3.05) is 5.32 Å². The van der Waals surface area contributed by atoms with Crippen LogP contribution in [0.1, 0.15) is 53.4 Å². The van der Waals surface area contributed by atoms with Crippen LogP contribution in [0.3, 0.4) is 0 Å². The number of anilines is 1. The fraction of sp³-hybridized carbons (Fsp3) is 0.600. The molecule has 0 aliphatic heterocycles. The highest BCUT2D eigenvalue weighted by Gasteiger charge is 2.34. The van der Waals surface area contributed by atoms with Gasteiger partial charge < -0.3 is 20.5 Å². The van der Waals surface area contributed by atoms with E-state index in [1.54, 1.807) is 32.9 Å². The molecule has 0 heterocycles. The molecule has 2 amide bonds. The number of rotatable bonds is 4. The lowest BCUT2D eigenvalue weighted by atomic mass is 9.79. The summed E-state index contributed by atoms with van der Waals surface area (Å²) in [5, 5.41) is 15.5. The van der Waals surface area contributed by atoms with Gasteiger partial charge in [-0.25, -0.2) is 4.79 Å². The van der Waals surface area contributed by atoms with Crippen molar-refractivity contribution in [2.24, 2.45) is 11.8 Å². The monoisotopic (exact) mass is 440 g/mol. The number of halogens is 1. The Bertz CT molecular complexity index is 679. The van der Waals surface area contributed by atoms with E-state index >= 15 is 0 Å². The van der Waals surface area contributed by atoms with Crippen LogP contribution in [-0.4, -0.2) is 28.7 Å². The fourth-order valence-corrected chi connectivity index (χ4v) is 3.63. The summed E-state index contributed by atoms with van der Waals surface area (Å²) in [4.78, 5) is 25.2. The second-order valence-electron chi connectivity index (χ2n) is 8.29. The largest absolute Gasteiger partial charge is 0.506 e. The molecule has 0 spiro atoms. The molecule has 0 unspecified atom stereocenters. The molecule has 150 valence electrons. The summed E-state index contributed by atoms with van der Waals surface area (Å²) in [7, 11) is 0. The number of ether oxygens (including phenoxy) is 1. The minimum atomic E-state index is -0.717. The lowest BCUT2D eigenvalue weighted by molar-refractivity contribution is -0.119. The van der Waals surface area contributed by atoms with Gasteiger partial charge in [-0.15, -0.1) is 0 Å². The Labute approximate surface area is 169 Å². The number of nitrogens with one attached hydrogen (secondary N) is 2. The zero-order valence-electron chi connectivity index (χ0n) is 16.3. The highest BCUT2D eigenvalue weighted by molar-refractivity contribution is 9.10. The summed E-state index contributed by atoms with van der Waals surface area (Å²) in [6.07, 6.45) is 3.15. The zero-order chi connectivity index (χ0) is 20.2. The molecule has 1 aliphatic carbocycles. The summed E-state index contributed by atoms with van der Waals surface area (Å²) in [6, 6.07) is 4.09. The molecular weight excluding hydrogens is 412 g/mol. The van der Waals surface area contributed by atoms with E-state index in [1.807, 2.05) is 0 Å². The van der Waals surface area contributed by atoms with E-state index in [4.69, 9.17) is 4.74 Å². The lowest BCUT2D eigenvalue weighted by Gasteiger charge is -2.33. The molecule has 1 fully saturated rings. The van der Waals surface area contributed by atoms with Gasteiger partial charge in [-0.3, -0.25) is 4.79 Å². The summed E-state index contributed by atoms with van der Waals surface area (Å²) in [6.45, 7) is 7.54. The van der Waals surface area contributed by atoms with Crippen LogP contribution in [0.15, 0.2) is 22.7 Å². The van der Waals surface area contributed by atoms with Crippen LogP contribution < -0.4 is 10.6 Å². The third-order valence-corrected chi connectivity index (χ3v) is 5.20. The molecule has 3 N–H and O–H groups in total. The number of carbonyl (C=O) groups is 2. The van der Waals surface area contributed by atoms with Crippen molar-refractivity contribution < 1.29 is 19.4 Å². The first-order chi connectivity index (χ1) is 12.5. The Kier molecular flexibility index (Phi) is 7.14. The van der Waals surface area contributed by atoms with Gasteiger partial charge >= 0.3 is 6.09 Å². The highest BCUT2D eigenvalue weighted by atomic mass is 79.9. The number of aromatic hydroxyl groups is 1. The standard InChI is InChI=1S/C20H29BrN2O4/c1-12-5-7-13(8-6-12)17(23-19(26)27-20(2,3)4)18(25)22-15-11-14(21)9-10-16(15)24/h9-13,17,24H,5-8H2,1-4H3,(H,22,25)(H,23,26)/t12?,13?,17-/m0/s1. The first-order valence-electron chi connectivity index (χ1n) is 9.34. The summed E-state index contributed by atoms with van der Waals surface area (Å²) < 4.78 is 6.07. The average molecular weight is 441 g/mol. The van der Waals surface area contributed by atoms with Gasteiger partial charge in [0.05, 0.1) is 5.69 Å². The van der Waals surface area contributed by atoms with Crippen LogP contribution in [0.2, 0.25) is 0 Å². The third kappa shape index (κ3) is 6.72. The van der Waals surface area contributed by atoms with Crippen molar-refractivity contribution in [3.63, 3.8) is 0 Å². The van der Waals surface area contributed by atoms with Gasteiger partial charge in [-0.05, 0) is 63.6 Å². The van der Waals surface area contributed by atoms with Crippen molar-refractivity contribution in [1.82, 2.24) is 5.32 Å². The number of benzene rings is 1. The van der Waals surface area contributed by atoms with E-state index in [0.717, 1.165) is 30.2 Å². The first-order valence-corrected chi connectivity index (χ1v) is 10.1. The van der Waals surface area contributed by atoms with Crippen LogP contribution in [0, 0.1) is 11.8 Å². The number of hydrogen-bond donors (Lipinski definition) is 3. The molecule has 1 aliphatic rings. The summed E-state index contributed by atoms with van der Waals surface area (Å²) in [5.41, 5.74) is -0.344. The molecule has 0 radical (unpaired) electrons. The molecule has 1 aromatic carbocycles. The fourth-order valence-electron chi connectivity index (χ4n) is 3.27. The third-order valence-electron chi connectivity index (χ3n) is 4.70. The van der Waals surface area contributed by atoms with Gasteiger partial charge in [-0.2, -0.15) is 0 Å². The summed E-state index contributed by atoms with van der Waals surface area (Å²) >= 11 is 3.33. The first kappa shape index (κ1) is 21.5. The van der Waals surface area contributed by atoms with Gasteiger partial charge in [0.1, 0.15) is 17.4 Å². The molecule has 7 heteroatoms. The maximum Gasteiger partial charge on any atom is 0.408 e. The average Bonchev–Trinajstić information content (AvgIpc) is 2.55. The smallest absolute Gasteiger partial charge is 0.408 e. The lowest BCUT2D eigenvalue weighted by Crippen LogP contribution is -2.50. The van der Waals surface area contributed by atoms with Crippen LogP contribution in [-0.2, 0) is 9.53 Å². The highest BCUT2D eigenvalue weighted by Crippen LogP contribution is 2.32. The van der Waals surface area contributed by atoms with E-state index in [9.17, 15) is 14.7 Å². The molecule has 2 rings (SSSR count). The Hall–Kier alpha value is -1.76. The second-order valence-corrected chi connectivity index (χ2v) is 9.21. The number of amides is 2. The number of phenolic OH excluding ortho intramolecular Hbond substituents is 1. The summed E-state index contributed by atoms with van der Waals surface area (Å²) in [5.74, 6) is 0.275. The molecular formula is C20H29BrN2O4. The molecule has 1 saturated carbocycles. The normalized spacial score (nSPS) is 21.2. The molecule has 6 nitrogen and oxygen atoms in total. The van der Waals surface area contributed by atoms with Gasteiger partial charge in [0.25, 0.3) is 0 Å². The van der Waals surface area contributed by atoms with E-state index in [-0.39, 0.29) is 17.6 Å². The Morgan fingerprint density at radius 2 is 1.85 bits per heavy atom. The van der Waals surface area contributed by atoms with Crippen LogP contribution >= 0.6 is 15.9 Å².